The van der Waals surface area contributed by atoms with Gasteiger partial charge in [0, 0.05) is 68.6 Å². The number of ether oxygens (including phenoxy) is 3. The van der Waals surface area contributed by atoms with Crippen LogP contribution in [0, 0.1) is 18.3 Å². The predicted octanol–water partition coefficient (Wildman–Crippen LogP) is 8.09. The molecule has 3 atom stereocenters. The smallest absolute Gasteiger partial charge is 0.318 e. The summed E-state index contributed by atoms with van der Waals surface area (Å²) < 4.78 is 19.1. The minimum Gasteiger partial charge on any atom is -0.462 e. The van der Waals surface area contributed by atoms with Crippen molar-refractivity contribution in [2.75, 3.05) is 69.9 Å². The van der Waals surface area contributed by atoms with Gasteiger partial charge in [-0.05, 0) is 60.5 Å². The van der Waals surface area contributed by atoms with Crippen LogP contribution in [-0.2, 0) is 32.8 Å². The lowest BCUT2D eigenvalue weighted by atomic mass is 9.80. The Balaban J connectivity index is 0.957. The lowest BCUT2D eigenvalue weighted by Crippen LogP contribution is -2.55. The third-order valence-corrected chi connectivity index (χ3v) is 13.4. The Morgan fingerprint density at radius 1 is 0.815 bits per heavy atom. The first kappa shape index (κ1) is 43.7. The van der Waals surface area contributed by atoms with Crippen molar-refractivity contribution >= 4 is 28.2 Å². The molecule has 0 aliphatic carbocycles. The van der Waals surface area contributed by atoms with Crippen molar-refractivity contribution < 1.29 is 19.0 Å². The number of likely N-dealkylation sites (tertiary alicyclic amines) is 1. The van der Waals surface area contributed by atoms with E-state index in [0.29, 0.717) is 38.8 Å². The zero-order valence-electron chi connectivity index (χ0n) is 37.6. The Bertz CT molecular complexity index is 2550. The molecule has 3 aliphatic heterocycles. The molecule has 65 heavy (non-hydrogen) atoms. The molecule has 1 aromatic heterocycles. The minimum atomic E-state index is -0.907. The van der Waals surface area contributed by atoms with Crippen molar-refractivity contribution in [3.05, 3.63) is 173 Å². The van der Waals surface area contributed by atoms with E-state index in [1.54, 1.807) is 19.3 Å². The first-order valence-corrected chi connectivity index (χ1v) is 22.7. The average molecular weight is 868 g/mol. The van der Waals surface area contributed by atoms with Gasteiger partial charge in [0.25, 0.3) is 0 Å². The number of fused-ring (bicyclic) bond motifs is 2. The van der Waals surface area contributed by atoms with Crippen LogP contribution >= 0.6 is 0 Å². The molecule has 0 spiro atoms. The van der Waals surface area contributed by atoms with Crippen LogP contribution in [0.1, 0.15) is 46.4 Å². The van der Waals surface area contributed by atoms with E-state index >= 15 is 0 Å². The molecule has 0 bridgehead atoms. The van der Waals surface area contributed by atoms with Crippen LogP contribution in [0.25, 0.3) is 10.8 Å². The molecule has 11 heteroatoms. The third-order valence-electron chi connectivity index (χ3n) is 13.4. The van der Waals surface area contributed by atoms with Crippen LogP contribution in [0.3, 0.4) is 0 Å². The van der Waals surface area contributed by atoms with Crippen molar-refractivity contribution in [3.8, 4) is 12.1 Å². The van der Waals surface area contributed by atoms with Crippen LogP contribution < -0.4 is 14.5 Å². The fraction of sp³-hybridized carbons (Fsp3) is 0.333. The van der Waals surface area contributed by atoms with Gasteiger partial charge in [-0.15, -0.1) is 0 Å². The van der Waals surface area contributed by atoms with E-state index < -0.39 is 5.60 Å². The predicted molar refractivity (Wildman–Crippen MR) is 255 cm³/mol. The fourth-order valence-electron chi connectivity index (χ4n) is 10.1. The van der Waals surface area contributed by atoms with Gasteiger partial charge < -0.3 is 28.9 Å². The number of hydrogen-bond donors (Lipinski definition) is 0. The average Bonchev–Trinajstić information content (AvgIpc) is 3.72. The lowest BCUT2D eigenvalue weighted by molar-refractivity contribution is -0.128. The normalized spacial score (nSPS) is 19.1. The Hall–Kier alpha value is -6.58. The summed E-state index contributed by atoms with van der Waals surface area (Å²) in [5, 5.41) is 12.6. The summed E-state index contributed by atoms with van der Waals surface area (Å²) in [7, 11) is 3.86. The molecule has 0 saturated carbocycles. The van der Waals surface area contributed by atoms with Gasteiger partial charge in [0.15, 0.2) is 0 Å². The molecule has 0 radical (unpaired) electrons. The van der Waals surface area contributed by atoms with E-state index in [4.69, 9.17) is 24.2 Å². The van der Waals surface area contributed by atoms with Gasteiger partial charge in [0.2, 0.25) is 5.91 Å². The quantitative estimate of drug-likeness (QED) is 0.0788. The number of aromatic nitrogens is 2. The van der Waals surface area contributed by atoms with Crippen LogP contribution in [0.2, 0.25) is 0 Å². The Morgan fingerprint density at radius 2 is 1.49 bits per heavy atom. The van der Waals surface area contributed by atoms with E-state index in [-0.39, 0.29) is 37.1 Å². The van der Waals surface area contributed by atoms with Crippen molar-refractivity contribution in [2.24, 2.45) is 0 Å². The number of likely N-dealkylation sites (N-methyl/N-ethyl adjacent to an activating group) is 1. The number of rotatable bonds is 14. The van der Waals surface area contributed by atoms with Gasteiger partial charge in [0.1, 0.15) is 18.0 Å². The molecule has 5 aromatic carbocycles. The van der Waals surface area contributed by atoms with Crippen LogP contribution in [-0.4, -0.2) is 104 Å². The minimum absolute atomic E-state index is 0.150. The summed E-state index contributed by atoms with van der Waals surface area (Å²) in [5.74, 6) is 0.675. The van der Waals surface area contributed by atoms with E-state index in [2.05, 4.69) is 108 Å². The van der Waals surface area contributed by atoms with E-state index in [1.807, 2.05) is 59.5 Å². The number of piperazine rings is 1. The number of nitriles is 1. The Kier molecular flexibility index (Phi) is 13.2. The number of nitrogens with zero attached hydrogens (tertiary/aromatic N) is 7. The lowest BCUT2D eigenvalue weighted by Gasteiger charge is -2.42. The number of amides is 1. The Labute approximate surface area is 382 Å². The van der Waals surface area contributed by atoms with Crippen molar-refractivity contribution in [2.45, 2.75) is 56.5 Å². The molecule has 2 fully saturated rings. The van der Waals surface area contributed by atoms with Crippen LogP contribution in [0.5, 0.6) is 6.01 Å². The second-order valence-corrected chi connectivity index (χ2v) is 17.4. The maximum Gasteiger partial charge on any atom is 0.318 e. The molecule has 11 nitrogen and oxygen atoms in total. The maximum atomic E-state index is 14.1. The summed E-state index contributed by atoms with van der Waals surface area (Å²) in [5.41, 5.74) is 6.53. The van der Waals surface area contributed by atoms with Crippen molar-refractivity contribution in [3.63, 3.8) is 0 Å². The van der Waals surface area contributed by atoms with Gasteiger partial charge in [0.05, 0.1) is 43.5 Å². The number of anilines is 2. The molecule has 3 aliphatic rings. The number of aryl methyl sites for hydroxylation is 1. The summed E-state index contributed by atoms with van der Waals surface area (Å²) in [6.07, 6.45) is 5.37. The van der Waals surface area contributed by atoms with Gasteiger partial charge in [-0.25, -0.2) is 0 Å². The topological polar surface area (TPSA) is 107 Å². The molecular formula is C54H57N7O4. The molecule has 0 N–H and O–H groups in total. The summed E-state index contributed by atoms with van der Waals surface area (Å²) >= 11 is 0. The number of benzene rings is 5. The summed E-state index contributed by atoms with van der Waals surface area (Å²) in [6.45, 7) is 6.49. The molecule has 1 amide bonds. The number of carbonyl (C=O) groups excluding carboxylic acids is 1. The number of methoxy groups -OCH3 is 1. The summed E-state index contributed by atoms with van der Waals surface area (Å²) in [4.78, 5) is 33.1. The van der Waals surface area contributed by atoms with Gasteiger partial charge in [-0.1, -0.05) is 127 Å². The second-order valence-electron chi connectivity index (χ2n) is 17.4. The molecule has 332 valence electrons. The van der Waals surface area contributed by atoms with E-state index in [1.165, 1.54) is 22.0 Å². The molecule has 2 saturated heterocycles. The van der Waals surface area contributed by atoms with E-state index in [9.17, 15) is 10.1 Å². The maximum absolute atomic E-state index is 14.1. The Morgan fingerprint density at radius 3 is 2.14 bits per heavy atom. The first-order chi connectivity index (χ1) is 31.9. The van der Waals surface area contributed by atoms with Gasteiger partial charge in [-0.3, -0.25) is 9.69 Å². The van der Waals surface area contributed by atoms with Crippen LogP contribution in [0.4, 0.5) is 11.5 Å². The molecular weight excluding hydrogens is 811 g/mol. The van der Waals surface area contributed by atoms with Crippen molar-refractivity contribution in [1.29, 1.82) is 5.26 Å². The van der Waals surface area contributed by atoms with Crippen LogP contribution in [0.15, 0.2) is 140 Å². The molecule has 4 heterocycles. The molecule has 6 aromatic rings. The number of carbonyl (C=O) groups is 1. The fourth-order valence-corrected chi connectivity index (χ4v) is 10.1. The zero-order chi connectivity index (χ0) is 44.8. The van der Waals surface area contributed by atoms with Gasteiger partial charge in [-0.2, -0.15) is 15.2 Å². The molecule has 9 rings (SSSR count). The highest BCUT2D eigenvalue weighted by Crippen LogP contribution is 2.41. The second kappa shape index (κ2) is 19.7. The zero-order valence-corrected chi connectivity index (χ0v) is 37.6. The van der Waals surface area contributed by atoms with Gasteiger partial charge >= 0.3 is 6.01 Å². The highest BCUT2D eigenvalue weighted by atomic mass is 16.5. The van der Waals surface area contributed by atoms with E-state index in [0.717, 1.165) is 59.7 Å². The first-order valence-electron chi connectivity index (χ1n) is 22.7. The largest absolute Gasteiger partial charge is 0.462 e. The third kappa shape index (κ3) is 9.07. The van der Waals surface area contributed by atoms with Crippen molar-refractivity contribution in [1.82, 2.24) is 19.8 Å². The highest BCUT2D eigenvalue weighted by molar-refractivity contribution is 5.97. The monoisotopic (exact) mass is 867 g/mol. The summed E-state index contributed by atoms with van der Waals surface area (Å²) in [6, 6.07) is 46.1. The SMILES string of the molecule is CO[C@@H]1C[C@@H](COc2nc3c(c(N4CCN(C(=O)/C=C/COC(c5ccccc5)(c5ccccc5)c5ccccc5)[C@@H](CC#N)C4)n2)CCN(c2cccc4cccc(C)c24)C3)N(C)C1. The molecule has 0 unspecified atom stereocenters. The highest BCUT2D eigenvalue weighted by Gasteiger charge is 2.38. The number of hydrogen-bond acceptors (Lipinski definition) is 10. The standard InChI is InChI=1S/C54H57N7O4/c1-39-16-13-17-40-18-14-25-49(51(39)40)59-30-28-47-48(37-59)56-53(64-38-45-34-46(63-3)36-58(45)2)57-52(47)60-31-32-61(44(35-60)27-29-55)50(62)26-15-33-65-54(41-19-7-4-8-20-41,42-21-9-5-10-22-42)43-23-11-6-12-24-43/h4-26,44-46H,27-28,30-38H2,1-3H3/b26-15+/t44-,45-,46+/m0/s1.